The smallest absolute Gasteiger partial charge is 1.00 e. The molecule has 20 nitrogen and oxygen atoms in total. The maximum atomic E-state index is 12.9. The Morgan fingerprint density at radius 3 is 1.93 bits per heavy atom. The summed E-state index contributed by atoms with van der Waals surface area (Å²) in [6.45, 7) is 4.14. The number of carbonyl (C=O) groups excluding carboxylic acids is 1. The van der Waals surface area contributed by atoms with Crippen LogP contribution in [-0.2, 0) is 34.9 Å². The van der Waals surface area contributed by atoms with E-state index in [9.17, 15) is 61.0 Å². The van der Waals surface area contributed by atoms with Crippen molar-refractivity contribution in [2.24, 2.45) is 5.92 Å². The summed E-state index contributed by atoms with van der Waals surface area (Å²) >= 11 is 0. The van der Waals surface area contributed by atoms with Gasteiger partial charge in [-0.25, -0.2) is 0 Å². The molecule has 0 spiro atoms. The van der Waals surface area contributed by atoms with Crippen molar-refractivity contribution in [1.29, 1.82) is 0 Å². The average molecular weight is 881 g/mol. The van der Waals surface area contributed by atoms with Gasteiger partial charge < -0.3 is 92.6 Å². The zero-order valence-electron chi connectivity index (χ0n) is 35.7. The molecule has 15 unspecified atom stereocenters. The standard InChI is InChI=1S/C20H25N3O.C18H32O16.Al.Mg.2H/c1-4-23(5-2)20(24)14-9-16-15-7-6-8-17-19(15)13(11-21-17)10-18(16)22(3)12-14;19-1-4-7(22)8(23)12(27)17(31-4)34-15-6(3-21)32-18(13(28)10(15)25)33-14-5(2-20)30-16(29)11(26)9(14)24;;;;/h6-9,11,14,18,21H,4-5,10,12H2,1-3H3;4-29H,1-3H2;;;;/q;;;+2;2*-1/t14-,18-;;;;;/m1...../s1. The van der Waals surface area contributed by atoms with E-state index in [2.05, 4.69) is 61.3 Å². The predicted octanol–water partition coefficient (Wildman–Crippen LogP) is -5.20. The fourth-order valence-electron chi connectivity index (χ4n) is 8.43. The SMILES string of the molecule is CCN(CC)C(=O)[C@@H]1C=C2c3cccc4[nH]cc(c34)C[C@H]2N(C)C1.OCC1OC(OC2C(CO)OC(OC3C(CO)OC(O)C(O)C3O)C(O)C2O)C(O)C(O)C1O.[Al].[H-].[H-].[Mg+2]. The second-order valence-electron chi connectivity index (χ2n) is 15.3. The molecule has 22 heteroatoms. The fraction of sp³-hybridized carbons (Fsp3) is 0.711. The number of aliphatic hydroxyl groups is 11. The molecule has 3 fully saturated rings. The summed E-state index contributed by atoms with van der Waals surface area (Å²) in [4.78, 5) is 20.6. The fourth-order valence-corrected chi connectivity index (χ4v) is 8.43. The van der Waals surface area contributed by atoms with Crippen LogP contribution in [0.2, 0.25) is 0 Å². The van der Waals surface area contributed by atoms with E-state index in [1.807, 2.05) is 4.90 Å². The van der Waals surface area contributed by atoms with Gasteiger partial charge in [0.15, 0.2) is 18.9 Å². The number of likely N-dealkylation sites (N-methyl/N-ethyl adjacent to an activating group) is 1. The minimum absolute atomic E-state index is 0. The van der Waals surface area contributed by atoms with Crippen LogP contribution in [0.3, 0.4) is 0 Å². The van der Waals surface area contributed by atoms with Crippen LogP contribution in [0.15, 0.2) is 30.5 Å². The number of rotatable bonds is 10. The maximum absolute atomic E-state index is 12.9. The molecule has 0 saturated carbocycles. The van der Waals surface area contributed by atoms with Gasteiger partial charge in [-0.3, -0.25) is 9.69 Å². The minimum Gasteiger partial charge on any atom is -1.00 e. The quantitative estimate of drug-likeness (QED) is 0.0993. The van der Waals surface area contributed by atoms with E-state index >= 15 is 0 Å². The summed E-state index contributed by atoms with van der Waals surface area (Å²) in [5.41, 5.74) is 5.21. The summed E-state index contributed by atoms with van der Waals surface area (Å²) in [6, 6.07) is 6.82. The number of carbonyl (C=O) groups is 1. The molecule has 12 N–H and O–H groups in total. The zero-order valence-corrected chi connectivity index (χ0v) is 36.3. The summed E-state index contributed by atoms with van der Waals surface area (Å²) < 4.78 is 26.4. The number of H-pyrrole nitrogens is 1. The van der Waals surface area contributed by atoms with Gasteiger partial charge in [0.05, 0.1) is 25.7 Å². The zero-order chi connectivity index (χ0) is 42.2. The summed E-state index contributed by atoms with van der Waals surface area (Å²) in [5.74, 6) is 0.210. The number of amides is 1. The van der Waals surface area contributed by atoms with Gasteiger partial charge in [-0.2, -0.15) is 0 Å². The van der Waals surface area contributed by atoms with Gasteiger partial charge in [-0.05, 0) is 50.1 Å². The molecule has 1 aromatic heterocycles. The minimum atomic E-state index is -1.91. The van der Waals surface area contributed by atoms with Crippen molar-refractivity contribution in [1.82, 2.24) is 14.8 Å². The summed E-state index contributed by atoms with van der Waals surface area (Å²) in [6.07, 6.45) is -19.7. The van der Waals surface area contributed by atoms with E-state index < -0.39 is 112 Å². The Morgan fingerprint density at radius 2 is 1.35 bits per heavy atom. The van der Waals surface area contributed by atoms with Gasteiger partial charge in [-0.15, -0.1) is 0 Å². The first-order valence-electron chi connectivity index (χ1n) is 19.5. The summed E-state index contributed by atoms with van der Waals surface area (Å²) in [7, 11) is 2.15. The molecule has 1 amide bonds. The van der Waals surface area contributed by atoms with E-state index in [1.165, 1.54) is 27.6 Å². The number of aromatic nitrogens is 1. The molecule has 17 atom stereocenters. The van der Waals surface area contributed by atoms with E-state index in [0.29, 0.717) is 6.04 Å². The number of hydrogen-bond acceptors (Lipinski definition) is 18. The third-order valence-electron chi connectivity index (χ3n) is 11.8. The van der Waals surface area contributed by atoms with Gasteiger partial charge in [0.25, 0.3) is 0 Å². The second kappa shape index (κ2) is 22.0. The van der Waals surface area contributed by atoms with Crippen LogP contribution in [0.25, 0.3) is 16.5 Å². The molecule has 3 saturated heterocycles. The molecule has 3 radical (unpaired) electrons. The monoisotopic (exact) mass is 880 g/mol. The molecule has 7 rings (SSSR count). The van der Waals surface area contributed by atoms with E-state index in [4.69, 9.17) is 23.7 Å². The van der Waals surface area contributed by atoms with Crippen molar-refractivity contribution in [3.8, 4) is 0 Å². The Labute approximate surface area is 376 Å². The Morgan fingerprint density at radius 1 is 0.800 bits per heavy atom. The van der Waals surface area contributed by atoms with E-state index in [-0.39, 0.29) is 55.1 Å². The molecule has 333 valence electrons. The Balaban J connectivity index is 0.000000419. The molecule has 60 heavy (non-hydrogen) atoms. The molecule has 5 aliphatic rings. The number of nitrogens with one attached hydrogen (secondary N) is 1. The molecule has 5 heterocycles. The van der Waals surface area contributed by atoms with Crippen molar-refractivity contribution in [2.45, 2.75) is 118 Å². The number of aliphatic hydroxyl groups excluding tert-OH is 11. The number of benzene rings is 1. The third-order valence-corrected chi connectivity index (χ3v) is 11.8. The molecule has 0 bridgehead atoms. The first-order valence-corrected chi connectivity index (χ1v) is 19.5. The average Bonchev–Trinajstić information content (AvgIpc) is 3.65. The Hall–Kier alpha value is -1.41. The van der Waals surface area contributed by atoms with Crippen LogP contribution in [0.4, 0.5) is 0 Å². The van der Waals surface area contributed by atoms with Crippen molar-refractivity contribution in [3.05, 3.63) is 41.6 Å². The Bertz CT molecular complexity index is 1730. The number of fused-ring (bicyclic) bond motifs is 2. The Kier molecular flexibility index (Phi) is 18.8. The second-order valence-corrected chi connectivity index (χ2v) is 15.3. The van der Waals surface area contributed by atoms with Gasteiger partial charge in [0.2, 0.25) is 5.91 Å². The largest absolute Gasteiger partial charge is 2.00 e. The molecular weight excluding hydrogens is 822 g/mol. The third kappa shape index (κ3) is 10.1. The van der Waals surface area contributed by atoms with Crippen LogP contribution < -0.4 is 0 Å². The van der Waals surface area contributed by atoms with Gasteiger partial charge in [-0.1, -0.05) is 18.2 Å². The van der Waals surface area contributed by atoms with Crippen molar-refractivity contribution < 1.29 is 87.5 Å². The maximum Gasteiger partial charge on any atom is 2.00 e. The normalized spacial score (nSPS) is 39.0. The molecule has 1 aliphatic carbocycles. The first-order chi connectivity index (χ1) is 27.7. The molecule has 4 aliphatic heterocycles. The topological polar surface area (TPSA) is 308 Å². The predicted molar refractivity (Wildman–Crippen MR) is 213 cm³/mol. The number of nitrogens with zero attached hydrogens (tertiary/aromatic N) is 2. The summed E-state index contributed by atoms with van der Waals surface area (Å²) in [5, 5.41) is 110. The van der Waals surface area contributed by atoms with E-state index in [0.717, 1.165) is 26.1 Å². The van der Waals surface area contributed by atoms with Crippen LogP contribution in [-0.4, -0.2) is 262 Å². The van der Waals surface area contributed by atoms with Gasteiger partial charge >= 0.3 is 23.1 Å². The molecular formula is C38H59AlMgN3O17. The van der Waals surface area contributed by atoms with E-state index in [1.54, 1.807) is 0 Å². The van der Waals surface area contributed by atoms with Crippen molar-refractivity contribution >= 4 is 62.8 Å². The van der Waals surface area contributed by atoms with Crippen LogP contribution >= 0.6 is 0 Å². The van der Waals surface area contributed by atoms with Crippen molar-refractivity contribution in [3.63, 3.8) is 0 Å². The van der Waals surface area contributed by atoms with Gasteiger partial charge in [0.1, 0.15) is 73.2 Å². The molecule has 1 aromatic carbocycles. The first kappa shape index (κ1) is 51.2. The van der Waals surface area contributed by atoms with Crippen LogP contribution in [0, 0.1) is 5.92 Å². The van der Waals surface area contributed by atoms with Crippen LogP contribution in [0.1, 0.15) is 27.8 Å². The van der Waals surface area contributed by atoms with Gasteiger partial charge in [0, 0.05) is 60.1 Å². The van der Waals surface area contributed by atoms with Crippen LogP contribution in [0.5, 0.6) is 0 Å². The number of aromatic amines is 1. The number of hydrogen-bond donors (Lipinski definition) is 12. The number of ether oxygens (including phenoxy) is 5. The molecule has 2 aromatic rings. The van der Waals surface area contributed by atoms with Crippen molar-refractivity contribution in [2.75, 3.05) is 46.5 Å².